The van der Waals surface area contributed by atoms with Gasteiger partial charge in [0.25, 0.3) is 5.91 Å². The maximum Gasteiger partial charge on any atom is 0.255 e. The van der Waals surface area contributed by atoms with E-state index >= 15 is 0 Å². The fourth-order valence-electron chi connectivity index (χ4n) is 4.06. The second-order valence-electron chi connectivity index (χ2n) is 7.38. The molecular formula is C23H18F2N4O. The number of hydrogen-bond donors (Lipinski definition) is 0. The Balaban J connectivity index is 1.35. The van der Waals surface area contributed by atoms with Gasteiger partial charge in [0.15, 0.2) is 0 Å². The van der Waals surface area contributed by atoms with E-state index in [0.717, 1.165) is 11.0 Å². The van der Waals surface area contributed by atoms with Crippen molar-refractivity contribution in [1.29, 1.82) is 0 Å². The molecule has 3 heterocycles. The van der Waals surface area contributed by atoms with Crippen molar-refractivity contribution < 1.29 is 13.6 Å². The average molecular weight is 404 g/mol. The number of aromatic nitrogens is 3. The molecule has 1 amide bonds. The number of rotatable bonds is 3. The summed E-state index contributed by atoms with van der Waals surface area (Å²) in [5, 5.41) is 0. The molecule has 7 heteroatoms. The summed E-state index contributed by atoms with van der Waals surface area (Å²) < 4.78 is 30.0. The molecule has 5 rings (SSSR count). The normalized spacial score (nSPS) is 16.3. The van der Waals surface area contributed by atoms with E-state index in [1.165, 1.54) is 24.4 Å². The molecule has 0 aliphatic carbocycles. The number of para-hydroxylation sites is 2. The minimum Gasteiger partial charge on any atom is -0.338 e. The van der Waals surface area contributed by atoms with Gasteiger partial charge in [0.2, 0.25) is 0 Å². The third-order valence-electron chi connectivity index (χ3n) is 5.58. The monoisotopic (exact) mass is 404 g/mol. The third kappa shape index (κ3) is 3.12. The standard InChI is InChI=1S/C23H18F2N4O/c24-17-4-3-5-18(25)22(17)16-10-11-28(13-16)23(30)15-8-9-21(26-12-15)29-14-27-19-6-1-2-7-20(19)29/h1-9,12,14,16H,10-11,13H2. The average Bonchev–Trinajstić information content (AvgIpc) is 3.41. The highest BCUT2D eigenvalue weighted by Gasteiger charge is 2.31. The zero-order chi connectivity index (χ0) is 20.7. The Hall–Kier alpha value is -3.61. The maximum absolute atomic E-state index is 14.1. The van der Waals surface area contributed by atoms with Crippen molar-refractivity contribution in [3.05, 3.63) is 89.9 Å². The highest BCUT2D eigenvalue weighted by atomic mass is 19.1. The van der Waals surface area contributed by atoms with E-state index in [4.69, 9.17) is 0 Å². The molecule has 1 saturated heterocycles. The van der Waals surface area contributed by atoms with Crippen LogP contribution >= 0.6 is 0 Å². The molecule has 1 aliphatic rings. The number of amides is 1. The number of imidazole rings is 1. The first-order valence-electron chi connectivity index (χ1n) is 9.73. The number of carbonyl (C=O) groups excluding carboxylic acids is 1. The van der Waals surface area contributed by atoms with Crippen LogP contribution < -0.4 is 0 Å². The van der Waals surface area contributed by atoms with Crippen LogP contribution in [0.3, 0.4) is 0 Å². The molecule has 150 valence electrons. The van der Waals surface area contributed by atoms with Crippen molar-refractivity contribution in [1.82, 2.24) is 19.4 Å². The second-order valence-corrected chi connectivity index (χ2v) is 7.38. The molecule has 4 aromatic rings. The molecule has 0 N–H and O–H groups in total. The molecule has 0 spiro atoms. The zero-order valence-electron chi connectivity index (χ0n) is 16.0. The quantitative estimate of drug-likeness (QED) is 0.511. The first-order valence-corrected chi connectivity index (χ1v) is 9.73. The number of benzene rings is 2. The number of nitrogens with zero attached hydrogens (tertiary/aromatic N) is 4. The van der Waals surface area contributed by atoms with Crippen LogP contribution in [0.1, 0.15) is 28.3 Å². The van der Waals surface area contributed by atoms with E-state index < -0.39 is 11.6 Å². The largest absolute Gasteiger partial charge is 0.338 e. The number of hydrogen-bond acceptors (Lipinski definition) is 3. The van der Waals surface area contributed by atoms with Crippen molar-refractivity contribution in [3.63, 3.8) is 0 Å². The Labute approximate surface area is 171 Å². The third-order valence-corrected chi connectivity index (χ3v) is 5.58. The molecule has 0 bridgehead atoms. The molecular weight excluding hydrogens is 386 g/mol. The van der Waals surface area contributed by atoms with Gasteiger partial charge in [-0.3, -0.25) is 9.36 Å². The van der Waals surface area contributed by atoms with Gasteiger partial charge in [-0.05, 0) is 42.8 Å². The van der Waals surface area contributed by atoms with Crippen LogP contribution in [-0.2, 0) is 0 Å². The van der Waals surface area contributed by atoms with Gasteiger partial charge in [-0.1, -0.05) is 18.2 Å². The molecule has 1 atom stereocenters. The summed E-state index contributed by atoms with van der Waals surface area (Å²) in [7, 11) is 0. The molecule has 1 aliphatic heterocycles. The number of carbonyl (C=O) groups is 1. The van der Waals surface area contributed by atoms with E-state index in [9.17, 15) is 13.6 Å². The van der Waals surface area contributed by atoms with E-state index in [1.54, 1.807) is 23.4 Å². The number of fused-ring (bicyclic) bond motifs is 1. The summed E-state index contributed by atoms with van der Waals surface area (Å²) in [6.07, 6.45) is 3.75. The van der Waals surface area contributed by atoms with Gasteiger partial charge in [-0.15, -0.1) is 0 Å². The van der Waals surface area contributed by atoms with E-state index in [0.29, 0.717) is 24.3 Å². The lowest BCUT2D eigenvalue weighted by molar-refractivity contribution is 0.0790. The minimum absolute atomic E-state index is 0.0632. The summed E-state index contributed by atoms with van der Waals surface area (Å²) in [4.78, 5) is 23.3. The van der Waals surface area contributed by atoms with Crippen LogP contribution in [-0.4, -0.2) is 38.4 Å². The van der Waals surface area contributed by atoms with Crippen LogP contribution in [0.25, 0.3) is 16.9 Å². The fourth-order valence-corrected chi connectivity index (χ4v) is 4.06. The van der Waals surface area contributed by atoms with Gasteiger partial charge in [-0.25, -0.2) is 18.7 Å². The van der Waals surface area contributed by atoms with Gasteiger partial charge in [-0.2, -0.15) is 0 Å². The topological polar surface area (TPSA) is 51.0 Å². The maximum atomic E-state index is 14.1. The predicted molar refractivity (Wildman–Crippen MR) is 108 cm³/mol. The predicted octanol–water partition coefficient (Wildman–Crippen LogP) is 4.33. The van der Waals surface area contributed by atoms with Gasteiger partial charge < -0.3 is 4.90 Å². The van der Waals surface area contributed by atoms with E-state index in [2.05, 4.69) is 9.97 Å². The fraction of sp³-hybridized carbons (Fsp3) is 0.174. The summed E-state index contributed by atoms with van der Waals surface area (Å²) in [6.45, 7) is 0.732. The highest BCUT2D eigenvalue weighted by Crippen LogP contribution is 2.31. The van der Waals surface area contributed by atoms with Crippen molar-refractivity contribution in [3.8, 4) is 5.82 Å². The van der Waals surface area contributed by atoms with Crippen LogP contribution in [0, 0.1) is 11.6 Å². The number of pyridine rings is 1. The van der Waals surface area contributed by atoms with Crippen LogP contribution in [0.5, 0.6) is 0 Å². The zero-order valence-corrected chi connectivity index (χ0v) is 16.0. The van der Waals surface area contributed by atoms with Crippen molar-refractivity contribution in [2.24, 2.45) is 0 Å². The first-order chi connectivity index (χ1) is 14.6. The summed E-state index contributed by atoms with van der Waals surface area (Å²) >= 11 is 0. The summed E-state index contributed by atoms with van der Waals surface area (Å²) in [5.41, 5.74) is 2.30. The van der Waals surface area contributed by atoms with Crippen LogP contribution in [0.2, 0.25) is 0 Å². The lowest BCUT2D eigenvalue weighted by atomic mass is 9.97. The molecule has 0 saturated carbocycles. The Morgan fingerprint density at radius 1 is 0.967 bits per heavy atom. The van der Waals surface area contributed by atoms with Crippen molar-refractivity contribution in [2.75, 3.05) is 13.1 Å². The highest BCUT2D eigenvalue weighted by molar-refractivity contribution is 5.94. The molecule has 1 fully saturated rings. The Morgan fingerprint density at radius 2 is 1.77 bits per heavy atom. The van der Waals surface area contributed by atoms with E-state index in [-0.39, 0.29) is 23.9 Å². The molecule has 2 aromatic heterocycles. The minimum atomic E-state index is -0.562. The lowest BCUT2D eigenvalue weighted by Crippen LogP contribution is -2.28. The summed E-state index contributed by atoms with van der Waals surface area (Å²) in [5.74, 6) is -1.00. The van der Waals surface area contributed by atoms with Crippen molar-refractivity contribution in [2.45, 2.75) is 12.3 Å². The van der Waals surface area contributed by atoms with Crippen LogP contribution in [0.4, 0.5) is 8.78 Å². The van der Waals surface area contributed by atoms with Gasteiger partial charge >= 0.3 is 0 Å². The van der Waals surface area contributed by atoms with Crippen molar-refractivity contribution >= 4 is 16.9 Å². The Morgan fingerprint density at radius 3 is 2.53 bits per heavy atom. The van der Waals surface area contributed by atoms with E-state index in [1.807, 2.05) is 28.8 Å². The molecule has 1 unspecified atom stereocenters. The van der Waals surface area contributed by atoms with Gasteiger partial charge in [0, 0.05) is 30.8 Å². The smallest absolute Gasteiger partial charge is 0.255 e. The number of halogens is 2. The molecule has 0 radical (unpaired) electrons. The molecule has 5 nitrogen and oxygen atoms in total. The van der Waals surface area contributed by atoms with Gasteiger partial charge in [0.1, 0.15) is 23.8 Å². The first kappa shape index (κ1) is 18.4. The lowest BCUT2D eigenvalue weighted by Gasteiger charge is -2.17. The summed E-state index contributed by atoms with van der Waals surface area (Å²) in [6, 6.07) is 15.1. The van der Waals surface area contributed by atoms with Crippen LogP contribution in [0.15, 0.2) is 67.1 Å². The second kappa shape index (κ2) is 7.33. The number of likely N-dealkylation sites (tertiary alicyclic amines) is 1. The van der Waals surface area contributed by atoms with Gasteiger partial charge in [0.05, 0.1) is 16.6 Å². The SMILES string of the molecule is O=C(c1ccc(-n2cnc3ccccc32)nc1)N1CCC(c2c(F)cccc2F)C1. The Bertz CT molecular complexity index is 1220. The Kier molecular flexibility index (Phi) is 4.50. The molecule has 2 aromatic carbocycles. The molecule has 30 heavy (non-hydrogen) atoms.